The average Bonchev–Trinajstić information content (AvgIpc) is 3.20. The molecule has 35 heavy (non-hydrogen) atoms. The number of rotatable bonds is 6. The second kappa shape index (κ2) is 8.93. The van der Waals surface area contributed by atoms with Crippen molar-refractivity contribution in [2.24, 2.45) is 11.8 Å². The third-order valence-electron chi connectivity index (χ3n) is 6.25. The third kappa shape index (κ3) is 5.28. The van der Waals surface area contributed by atoms with Gasteiger partial charge in [0.05, 0.1) is 0 Å². The van der Waals surface area contributed by atoms with Gasteiger partial charge in [0.15, 0.2) is 0 Å². The maximum absolute atomic E-state index is 13.5. The first-order valence-electron chi connectivity index (χ1n) is 11.1. The molecule has 1 unspecified atom stereocenters. The number of aryl methyl sites for hydroxylation is 1. The topological polar surface area (TPSA) is 81.0 Å². The van der Waals surface area contributed by atoms with Crippen molar-refractivity contribution in [2.75, 3.05) is 23.3 Å². The summed E-state index contributed by atoms with van der Waals surface area (Å²) in [4.78, 5) is 14.8. The van der Waals surface area contributed by atoms with Crippen LogP contribution < -0.4 is 15.0 Å². The van der Waals surface area contributed by atoms with Gasteiger partial charge in [0.25, 0.3) is 0 Å². The van der Waals surface area contributed by atoms with Crippen molar-refractivity contribution >= 4 is 11.8 Å². The number of ether oxygens (including phenoxy) is 1. The molecule has 2 bridgehead atoms. The van der Waals surface area contributed by atoms with E-state index in [1.807, 2.05) is 13.0 Å². The molecule has 3 aromatic rings. The number of benzene rings is 1. The molecule has 1 saturated carbocycles. The zero-order chi connectivity index (χ0) is 24.7. The number of fused-ring (bicyclic) bond motifs is 2. The molecule has 2 fully saturated rings. The molecular formula is C22H22F5N7O. The van der Waals surface area contributed by atoms with Crippen LogP contribution >= 0.6 is 0 Å². The first-order valence-corrected chi connectivity index (χ1v) is 11.1. The number of hydrogen-bond acceptors (Lipinski definition) is 7. The lowest BCUT2D eigenvalue weighted by atomic mass is 9.92. The number of alkyl halides is 3. The predicted molar refractivity (Wildman–Crippen MR) is 115 cm³/mol. The lowest BCUT2D eigenvalue weighted by Gasteiger charge is -2.38. The summed E-state index contributed by atoms with van der Waals surface area (Å²) in [6.07, 6.45) is -1.19. The second-order valence-electron chi connectivity index (χ2n) is 8.89. The molecule has 2 aliphatic rings. The molecule has 3 heterocycles. The number of anilines is 2. The molecule has 0 spiro atoms. The van der Waals surface area contributed by atoms with Crippen molar-refractivity contribution in [1.29, 1.82) is 0 Å². The Bertz CT molecular complexity index is 1180. The Hall–Kier alpha value is -3.51. The lowest BCUT2D eigenvalue weighted by Crippen LogP contribution is -2.48. The van der Waals surface area contributed by atoms with Gasteiger partial charge in [-0.2, -0.15) is 18.2 Å². The van der Waals surface area contributed by atoms with E-state index >= 15 is 0 Å². The van der Waals surface area contributed by atoms with Crippen molar-refractivity contribution in [3.63, 3.8) is 0 Å². The van der Waals surface area contributed by atoms with Crippen LogP contribution in [0.15, 0.2) is 30.6 Å². The Kier molecular flexibility index (Phi) is 5.93. The van der Waals surface area contributed by atoms with E-state index < -0.39 is 30.4 Å². The summed E-state index contributed by atoms with van der Waals surface area (Å²) >= 11 is 0. The molecule has 2 aromatic heterocycles. The van der Waals surface area contributed by atoms with Crippen LogP contribution in [0.4, 0.5) is 33.7 Å². The summed E-state index contributed by atoms with van der Waals surface area (Å²) in [7, 11) is 0. The van der Waals surface area contributed by atoms with Gasteiger partial charge in [-0.3, -0.25) is 0 Å². The molecule has 1 N–H and O–H groups in total. The molecule has 5 rings (SSSR count). The summed E-state index contributed by atoms with van der Waals surface area (Å²) in [6.45, 7) is 1.88. The number of aromatic nitrogens is 5. The van der Waals surface area contributed by atoms with Crippen molar-refractivity contribution in [1.82, 2.24) is 24.7 Å². The molecule has 1 saturated heterocycles. The van der Waals surface area contributed by atoms with Crippen LogP contribution in [0.2, 0.25) is 0 Å². The van der Waals surface area contributed by atoms with Crippen LogP contribution in [-0.4, -0.2) is 50.0 Å². The van der Waals surface area contributed by atoms with E-state index in [1.165, 1.54) is 6.33 Å². The van der Waals surface area contributed by atoms with Gasteiger partial charge in [-0.15, -0.1) is 5.10 Å². The van der Waals surface area contributed by atoms with Crippen LogP contribution in [-0.2, 0) is 6.54 Å². The quantitative estimate of drug-likeness (QED) is 0.510. The van der Waals surface area contributed by atoms with Gasteiger partial charge in [0.1, 0.15) is 36.1 Å². The molecule has 1 aromatic carbocycles. The van der Waals surface area contributed by atoms with Crippen LogP contribution in [0.25, 0.3) is 0 Å². The fourth-order valence-corrected chi connectivity index (χ4v) is 4.84. The van der Waals surface area contributed by atoms with Crippen LogP contribution in [0, 0.1) is 30.4 Å². The standard InChI is InChI=1S/C22H22F5N7O/c1-12-4-18(29-11-28-12)33-8-13-2-3-14(9-33)19(13)30-20-31-21(34(32-20)10-22(25,26)27)35-17-6-15(23)5-16(24)7-17/h4-7,11,13-14,19H,2-3,8-10H2,1H3,(H,30,32)/t13-,14+,19?. The molecule has 1 aliphatic carbocycles. The number of piperidine rings is 1. The largest absolute Gasteiger partial charge is 0.424 e. The van der Waals surface area contributed by atoms with E-state index in [-0.39, 0.29) is 29.6 Å². The van der Waals surface area contributed by atoms with Crippen molar-refractivity contribution in [3.05, 3.63) is 47.9 Å². The highest BCUT2D eigenvalue weighted by atomic mass is 19.4. The van der Waals surface area contributed by atoms with Gasteiger partial charge >= 0.3 is 12.2 Å². The van der Waals surface area contributed by atoms with Crippen molar-refractivity contribution in [2.45, 2.75) is 38.5 Å². The Morgan fingerprint density at radius 1 is 1.03 bits per heavy atom. The highest BCUT2D eigenvalue weighted by Crippen LogP contribution is 2.40. The molecule has 13 heteroatoms. The van der Waals surface area contributed by atoms with Crippen molar-refractivity contribution < 1.29 is 26.7 Å². The number of nitrogens with one attached hydrogen (secondary N) is 1. The molecular weight excluding hydrogens is 473 g/mol. The number of nitrogens with zero attached hydrogens (tertiary/aromatic N) is 6. The van der Waals surface area contributed by atoms with Gasteiger partial charge in [0, 0.05) is 49.1 Å². The average molecular weight is 495 g/mol. The SMILES string of the molecule is Cc1cc(N2C[C@H]3CC[C@@H](C2)C3Nc2nc(Oc3cc(F)cc(F)c3)n(CC(F)(F)F)n2)ncn1. The highest BCUT2D eigenvalue weighted by molar-refractivity contribution is 5.42. The molecule has 0 radical (unpaired) electrons. The molecule has 8 nitrogen and oxygen atoms in total. The Balaban J connectivity index is 1.35. The third-order valence-corrected chi connectivity index (χ3v) is 6.25. The van der Waals surface area contributed by atoms with Crippen LogP contribution in [0.5, 0.6) is 11.8 Å². The summed E-state index contributed by atoms with van der Waals surface area (Å²) in [5.74, 6) is -0.948. The molecule has 1 aliphatic heterocycles. The van der Waals surface area contributed by atoms with E-state index in [4.69, 9.17) is 4.74 Å². The van der Waals surface area contributed by atoms with E-state index in [0.717, 1.165) is 49.6 Å². The summed E-state index contributed by atoms with van der Waals surface area (Å²) in [5.41, 5.74) is 0.868. The molecule has 3 atom stereocenters. The summed E-state index contributed by atoms with van der Waals surface area (Å²) in [5, 5.41) is 7.13. The zero-order valence-electron chi connectivity index (χ0n) is 18.6. The fraction of sp³-hybridized carbons (Fsp3) is 0.455. The Morgan fingerprint density at radius 3 is 2.34 bits per heavy atom. The maximum Gasteiger partial charge on any atom is 0.408 e. The van der Waals surface area contributed by atoms with E-state index in [2.05, 4.69) is 30.3 Å². The van der Waals surface area contributed by atoms with Gasteiger partial charge < -0.3 is 15.0 Å². The second-order valence-corrected chi connectivity index (χ2v) is 8.89. The zero-order valence-corrected chi connectivity index (χ0v) is 18.6. The van der Waals surface area contributed by atoms with E-state index in [1.54, 1.807) is 0 Å². The highest BCUT2D eigenvalue weighted by Gasteiger charge is 2.43. The van der Waals surface area contributed by atoms with Gasteiger partial charge in [-0.25, -0.2) is 23.4 Å². The monoisotopic (exact) mass is 495 g/mol. The summed E-state index contributed by atoms with van der Waals surface area (Å²) in [6, 6.07) is 3.70. The summed E-state index contributed by atoms with van der Waals surface area (Å²) < 4.78 is 72.2. The minimum atomic E-state index is -4.60. The first kappa shape index (κ1) is 23.2. The number of halogens is 5. The van der Waals surface area contributed by atoms with Crippen LogP contribution in [0.1, 0.15) is 18.5 Å². The lowest BCUT2D eigenvalue weighted by molar-refractivity contribution is -0.143. The maximum atomic E-state index is 13.5. The first-order chi connectivity index (χ1) is 16.6. The van der Waals surface area contributed by atoms with Crippen molar-refractivity contribution in [3.8, 4) is 11.8 Å². The fourth-order valence-electron chi connectivity index (χ4n) is 4.84. The number of hydrogen-bond donors (Lipinski definition) is 1. The van der Waals surface area contributed by atoms with Gasteiger partial charge in [-0.1, -0.05) is 0 Å². The van der Waals surface area contributed by atoms with Gasteiger partial charge in [0.2, 0.25) is 5.95 Å². The Labute approximate surface area is 197 Å². The van der Waals surface area contributed by atoms with E-state index in [0.29, 0.717) is 10.7 Å². The molecule has 186 valence electrons. The van der Waals surface area contributed by atoms with Gasteiger partial charge in [-0.05, 0) is 31.6 Å². The van der Waals surface area contributed by atoms with E-state index in [9.17, 15) is 22.0 Å². The normalized spacial score (nSPS) is 21.9. The predicted octanol–water partition coefficient (Wildman–Crippen LogP) is 4.34. The molecule has 0 amide bonds. The Morgan fingerprint density at radius 2 is 1.71 bits per heavy atom. The minimum Gasteiger partial charge on any atom is -0.424 e. The smallest absolute Gasteiger partial charge is 0.408 e. The van der Waals surface area contributed by atoms with Crippen LogP contribution in [0.3, 0.4) is 0 Å². The minimum absolute atomic E-state index is 0.0330.